The molecule has 266 valence electrons. The first-order valence-electron chi connectivity index (χ1n) is 16.6. The maximum absolute atomic E-state index is 14.0. The van der Waals surface area contributed by atoms with Crippen LogP contribution < -0.4 is 4.90 Å². The van der Waals surface area contributed by atoms with Gasteiger partial charge in [-0.05, 0) is 81.0 Å². The number of hydrogen-bond donors (Lipinski definition) is 2. The van der Waals surface area contributed by atoms with E-state index in [1.807, 2.05) is 18.7 Å². The molecule has 1 saturated heterocycles. The van der Waals surface area contributed by atoms with Crippen molar-refractivity contribution in [2.75, 3.05) is 4.90 Å². The average Bonchev–Trinajstić information content (AvgIpc) is 3.61. The predicted octanol–water partition coefficient (Wildman–Crippen LogP) is 7.74. The molecule has 3 heterocycles. The summed E-state index contributed by atoms with van der Waals surface area (Å²) in [6, 6.07) is 0.685. The lowest BCUT2D eigenvalue weighted by molar-refractivity contribution is -0.145. The number of piperidine rings is 1. The van der Waals surface area contributed by atoms with Gasteiger partial charge in [0.15, 0.2) is 0 Å². The minimum atomic E-state index is -5.00. The first-order chi connectivity index (χ1) is 23.2. The van der Waals surface area contributed by atoms with Crippen LogP contribution in [-0.2, 0) is 28.5 Å². The third-order valence-electron chi connectivity index (χ3n) is 9.90. The van der Waals surface area contributed by atoms with Crippen LogP contribution in [0.4, 0.5) is 32.3 Å². The lowest BCUT2D eigenvalue weighted by atomic mass is 9.78. The number of hydrogen-bond acceptors (Lipinski definition) is 6. The Hall–Kier alpha value is -4.17. The highest BCUT2D eigenvalue weighted by Crippen LogP contribution is 2.40. The number of alkyl halides is 6. The summed E-state index contributed by atoms with van der Waals surface area (Å²) < 4.78 is 82.8. The average molecular weight is 695 g/mol. The van der Waals surface area contributed by atoms with Crippen molar-refractivity contribution in [2.45, 2.75) is 109 Å². The van der Waals surface area contributed by atoms with Crippen molar-refractivity contribution in [3.63, 3.8) is 0 Å². The minimum Gasteiger partial charge on any atom is -0.481 e. The summed E-state index contributed by atoms with van der Waals surface area (Å²) in [5.41, 5.74) is -1.67. The molecular weight excluding hydrogens is 654 g/mol. The molecule has 5 rings (SSSR count). The van der Waals surface area contributed by atoms with Gasteiger partial charge in [-0.15, -0.1) is 0 Å². The molecule has 49 heavy (non-hydrogen) atoms. The molecule has 0 radical (unpaired) electrons. The molecule has 0 bridgehead atoms. The van der Waals surface area contributed by atoms with Gasteiger partial charge >= 0.3 is 18.3 Å². The van der Waals surface area contributed by atoms with Crippen LogP contribution in [0.1, 0.15) is 88.3 Å². The number of anilines is 1. The molecule has 3 aromatic rings. The fourth-order valence-corrected chi connectivity index (χ4v) is 7.36. The number of likely N-dealkylation sites (tertiary alicyclic amines) is 1. The standard InChI is InChI=1S/C34H40F6N6O3/c1-3-27-13-29(14-28(4-2)46(27)31(49)22-7-5-20(6-8-22)11-30(47)48)45(32-41-15-23(16-42-32)24-17-43-44-18-24)19-21-9-25(33(35,36)37)12-26(10-21)34(38,39)40/h9-10,12,15-18,20,22,27-29H,3-8,11,13-14,19H2,1-2H3,(H,43,44)(H,47,48)/t20?,22?,27-,28+,29+. The summed E-state index contributed by atoms with van der Waals surface area (Å²) in [4.78, 5) is 37.8. The number of nitrogens with zero attached hydrogens (tertiary/aromatic N) is 5. The normalized spacial score (nSPS) is 23.3. The monoisotopic (exact) mass is 694 g/mol. The number of benzene rings is 1. The van der Waals surface area contributed by atoms with Gasteiger partial charge < -0.3 is 14.9 Å². The summed E-state index contributed by atoms with van der Waals surface area (Å²) in [7, 11) is 0. The second kappa shape index (κ2) is 14.8. The molecule has 2 aromatic heterocycles. The highest BCUT2D eigenvalue weighted by atomic mass is 19.4. The second-order valence-electron chi connectivity index (χ2n) is 13.1. The Balaban J connectivity index is 1.46. The van der Waals surface area contributed by atoms with E-state index in [4.69, 9.17) is 0 Å². The Morgan fingerprint density at radius 1 is 0.878 bits per heavy atom. The lowest BCUT2D eigenvalue weighted by Gasteiger charge is -2.49. The number of carbonyl (C=O) groups is 2. The Labute approximate surface area is 280 Å². The third-order valence-corrected chi connectivity index (χ3v) is 9.90. The number of carboxylic acid groups (broad SMARTS) is 1. The van der Waals surface area contributed by atoms with Gasteiger partial charge in [0.1, 0.15) is 0 Å². The summed E-state index contributed by atoms with van der Waals surface area (Å²) in [6.45, 7) is 3.58. The maximum atomic E-state index is 14.0. The van der Waals surface area contributed by atoms with Gasteiger partial charge in [0, 0.05) is 66.7 Å². The van der Waals surface area contributed by atoms with E-state index in [9.17, 15) is 41.0 Å². The van der Waals surface area contributed by atoms with Crippen molar-refractivity contribution in [3.8, 4) is 11.1 Å². The molecule has 15 heteroatoms. The fourth-order valence-electron chi connectivity index (χ4n) is 7.36. The van der Waals surface area contributed by atoms with Gasteiger partial charge in [0.05, 0.1) is 17.3 Å². The number of carbonyl (C=O) groups excluding carboxylic acids is 1. The molecule has 1 aromatic carbocycles. The van der Waals surface area contributed by atoms with Crippen LogP contribution >= 0.6 is 0 Å². The molecule has 0 spiro atoms. The third kappa shape index (κ3) is 8.53. The second-order valence-corrected chi connectivity index (χ2v) is 13.1. The van der Waals surface area contributed by atoms with E-state index < -0.39 is 35.5 Å². The van der Waals surface area contributed by atoms with Gasteiger partial charge in [-0.3, -0.25) is 14.7 Å². The molecule has 0 unspecified atom stereocenters. The first kappa shape index (κ1) is 36.1. The highest BCUT2D eigenvalue weighted by Gasteiger charge is 2.43. The van der Waals surface area contributed by atoms with Crippen molar-refractivity contribution in [3.05, 3.63) is 59.7 Å². The van der Waals surface area contributed by atoms with Crippen LogP contribution in [0.3, 0.4) is 0 Å². The van der Waals surface area contributed by atoms with Crippen LogP contribution in [0.2, 0.25) is 0 Å². The smallest absolute Gasteiger partial charge is 0.416 e. The molecule has 1 saturated carbocycles. The Morgan fingerprint density at radius 3 is 1.92 bits per heavy atom. The maximum Gasteiger partial charge on any atom is 0.416 e. The number of halogens is 6. The van der Waals surface area contributed by atoms with E-state index >= 15 is 0 Å². The Kier molecular flexibility index (Phi) is 10.9. The van der Waals surface area contributed by atoms with Crippen LogP contribution in [0.25, 0.3) is 11.1 Å². The fraction of sp³-hybridized carbons (Fsp3) is 0.559. The van der Waals surface area contributed by atoms with E-state index in [1.54, 1.807) is 17.3 Å². The minimum absolute atomic E-state index is 0.0193. The zero-order valence-corrected chi connectivity index (χ0v) is 27.3. The quantitative estimate of drug-likeness (QED) is 0.209. The molecular formula is C34H40F6N6O3. The van der Waals surface area contributed by atoms with Gasteiger partial charge in [0.2, 0.25) is 11.9 Å². The number of amides is 1. The summed E-state index contributed by atoms with van der Waals surface area (Å²) >= 11 is 0. The van der Waals surface area contributed by atoms with E-state index in [-0.39, 0.29) is 60.4 Å². The molecule has 9 nitrogen and oxygen atoms in total. The number of H-pyrrole nitrogens is 1. The number of aliphatic carboxylic acids is 1. The van der Waals surface area contributed by atoms with Crippen LogP contribution in [0.15, 0.2) is 43.0 Å². The predicted molar refractivity (Wildman–Crippen MR) is 168 cm³/mol. The van der Waals surface area contributed by atoms with E-state index in [0.717, 1.165) is 12.1 Å². The van der Waals surface area contributed by atoms with Crippen molar-refractivity contribution in [1.29, 1.82) is 0 Å². The molecule has 1 aliphatic heterocycles. The van der Waals surface area contributed by atoms with Crippen LogP contribution in [0, 0.1) is 11.8 Å². The van der Waals surface area contributed by atoms with E-state index in [1.165, 1.54) is 12.4 Å². The highest BCUT2D eigenvalue weighted by molar-refractivity contribution is 5.80. The number of nitrogens with one attached hydrogen (secondary N) is 1. The van der Waals surface area contributed by atoms with Gasteiger partial charge in [-0.25, -0.2) is 9.97 Å². The van der Waals surface area contributed by atoms with E-state index in [0.29, 0.717) is 62.5 Å². The number of rotatable bonds is 10. The molecule has 1 aliphatic carbocycles. The van der Waals surface area contributed by atoms with Gasteiger partial charge in [-0.2, -0.15) is 31.4 Å². The molecule has 2 fully saturated rings. The van der Waals surface area contributed by atoms with Crippen LogP contribution in [0.5, 0.6) is 0 Å². The number of carboxylic acids is 1. The van der Waals surface area contributed by atoms with Crippen LogP contribution in [-0.4, -0.2) is 60.2 Å². The zero-order chi connectivity index (χ0) is 35.5. The van der Waals surface area contributed by atoms with Gasteiger partial charge in [-0.1, -0.05) is 13.8 Å². The summed E-state index contributed by atoms with van der Waals surface area (Å²) in [5, 5.41) is 15.8. The largest absolute Gasteiger partial charge is 0.481 e. The van der Waals surface area contributed by atoms with Crippen molar-refractivity contribution in [2.24, 2.45) is 11.8 Å². The van der Waals surface area contributed by atoms with Crippen molar-refractivity contribution in [1.82, 2.24) is 25.1 Å². The van der Waals surface area contributed by atoms with Gasteiger partial charge in [0.25, 0.3) is 0 Å². The van der Waals surface area contributed by atoms with Crippen molar-refractivity contribution >= 4 is 17.8 Å². The first-order valence-corrected chi connectivity index (χ1v) is 16.6. The molecule has 3 atom stereocenters. The number of aromatic amines is 1. The lowest BCUT2D eigenvalue weighted by Crippen LogP contribution is -2.58. The van der Waals surface area contributed by atoms with Crippen molar-refractivity contribution < 1.29 is 41.0 Å². The van der Waals surface area contributed by atoms with E-state index in [2.05, 4.69) is 20.2 Å². The topological polar surface area (TPSA) is 115 Å². The molecule has 1 amide bonds. The Morgan fingerprint density at radius 2 is 1.45 bits per heavy atom. The Bertz CT molecular complexity index is 1530. The summed E-state index contributed by atoms with van der Waals surface area (Å²) in [5.74, 6) is -0.877. The SMILES string of the molecule is CC[C@@H]1C[C@H](N(Cc2cc(C(F)(F)F)cc(C(F)(F)F)c2)c2ncc(-c3cn[nH]c3)cn2)C[C@H](CC)N1C(=O)C1CCC(CC(=O)O)CC1. The zero-order valence-electron chi connectivity index (χ0n) is 27.3. The molecule has 2 N–H and O–H groups in total. The number of aromatic nitrogens is 4. The summed E-state index contributed by atoms with van der Waals surface area (Å²) in [6.07, 6.45) is 0.858. The molecule has 2 aliphatic rings.